The Kier molecular flexibility index (Phi) is 6.39. The maximum Gasteiger partial charge on any atom is 0.275 e. The summed E-state index contributed by atoms with van der Waals surface area (Å²) in [6.07, 6.45) is 1.24. The van der Waals surface area contributed by atoms with Gasteiger partial charge in [0, 0.05) is 23.2 Å². The van der Waals surface area contributed by atoms with Crippen LogP contribution in [-0.4, -0.2) is 23.9 Å². The number of carbonyl (C=O) groups is 2. The molecule has 0 fully saturated rings. The third-order valence-corrected chi connectivity index (χ3v) is 4.83. The van der Waals surface area contributed by atoms with Gasteiger partial charge in [0.15, 0.2) is 0 Å². The van der Waals surface area contributed by atoms with E-state index in [2.05, 4.69) is 15.6 Å². The van der Waals surface area contributed by atoms with Crippen LogP contribution in [0.25, 0.3) is 10.6 Å². The fourth-order valence-electron chi connectivity index (χ4n) is 2.64. The summed E-state index contributed by atoms with van der Waals surface area (Å²) in [5.74, 6) is 0.348. The first kappa shape index (κ1) is 19.6. The molecule has 28 heavy (non-hydrogen) atoms. The van der Waals surface area contributed by atoms with Crippen LogP contribution >= 0.6 is 11.3 Å². The lowest BCUT2D eigenvalue weighted by Crippen LogP contribution is -2.13. The lowest BCUT2D eigenvalue weighted by molar-refractivity contribution is -0.116. The lowest BCUT2D eigenvalue weighted by Gasteiger charge is -2.08. The second-order valence-corrected chi connectivity index (χ2v) is 6.93. The number of carbonyl (C=O) groups excluding carboxylic acids is 2. The number of para-hydroxylation sites is 1. The van der Waals surface area contributed by atoms with Crippen molar-refractivity contribution in [3.05, 3.63) is 59.6 Å². The number of nitrogens with zero attached hydrogens (tertiary/aromatic N) is 1. The highest BCUT2D eigenvalue weighted by Crippen LogP contribution is 2.32. The Balaban J connectivity index is 1.72. The molecule has 0 spiro atoms. The van der Waals surface area contributed by atoms with Gasteiger partial charge in [0.1, 0.15) is 16.5 Å². The van der Waals surface area contributed by atoms with E-state index < -0.39 is 0 Å². The summed E-state index contributed by atoms with van der Waals surface area (Å²) in [6, 6.07) is 14.6. The standard InChI is InChI=1S/C21H21N3O3S/c1-3-7-19(25)22-14-8-6-9-15(12-14)23-20(26)17-13-28-21(24-17)16-10-4-5-11-18(16)27-2/h4-6,8-13H,3,7H2,1-2H3,(H,22,25)(H,23,26). The Bertz CT molecular complexity index is 984. The minimum Gasteiger partial charge on any atom is -0.496 e. The van der Waals surface area contributed by atoms with Gasteiger partial charge in [-0.3, -0.25) is 9.59 Å². The van der Waals surface area contributed by atoms with Gasteiger partial charge in [-0.1, -0.05) is 25.1 Å². The summed E-state index contributed by atoms with van der Waals surface area (Å²) < 4.78 is 5.36. The fraction of sp³-hybridized carbons (Fsp3) is 0.190. The molecule has 0 radical (unpaired) electrons. The largest absolute Gasteiger partial charge is 0.496 e. The number of hydrogen-bond donors (Lipinski definition) is 2. The van der Waals surface area contributed by atoms with Crippen molar-refractivity contribution >= 4 is 34.5 Å². The van der Waals surface area contributed by atoms with E-state index in [-0.39, 0.29) is 11.8 Å². The van der Waals surface area contributed by atoms with Crippen molar-refractivity contribution in [2.75, 3.05) is 17.7 Å². The molecule has 0 aliphatic rings. The topological polar surface area (TPSA) is 80.3 Å². The van der Waals surface area contributed by atoms with Gasteiger partial charge in [-0.2, -0.15) is 0 Å². The molecule has 3 aromatic rings. The molecule has 1 heterocycles. The van der Waals surface area contributed by atoms with Gasteiger partial charge in [-0.05, 0) is 36.8 Å². The van der Waals surface area contributed by atoms with Crippen LogP contribution in [0, 0.1) is 0 Å². The van der Waals surface area contributed by atoms with Gasteiger partial charge in [0.05, 0.1) is 12.7 Å². The number of amides is 2. The van der Waals surface area contributed by atoms with E-state index in [4.69, 9.17) is 4.74 Å². The molecular formula is C21H21N3O3S. The molecule has 2 N–H and O–H groups in total. The molecule has 0 saturated carbocycles. The SMILES string of the molecule is CCCC(=O)Nc1cccc(NC(=O)c2csc(-c3ccccc3OC)n2)c1. The van der Waals surface area contributed by atoms with Gasteiger partial charge < -0.3 is 15.4 Å². The van der Waals surface area contributed by atoms with E-state index in [0.29, 0.717) is 34.2 Å². The Morgan fingerprint density at radius 2 is 1.82 bits per heavy atom. The van der Waals surface area contributed by atoms with Crippen molar-refractivity contribution in [2.24, 2.45) is 0 Å². The maximum absolute atomic E-state index is 12.6. The van der Waals surface area contributed by atoms with Gasteiger partial charge in [0.25, 0.3) is 5.91 Å². The number of hydrogen-bond acceptors (Lipinski definition) is 5. The lowest BCUT2D eigenvalue weighted by atomic mass is 10.2. The normalized spacial score (nSPS) is 10.4. The number of benzene rings is 2. The minimum atomic E-state index is -0.311. The summed E-state index contributed by atoms with van der Waals surface area (Å²) in [4.78, 5) is 28.7. The molecule has 7 heteroatoms. The van der Waals surface area contributed by atoms with E-state index >= 15 is 0 Å². The zero-order chi connectivity index (χ0) is 19.9. The molecule has 3 rings (SSSR count). The van der Waals surface area contributed by atoms with Crippen molar-refractivity contribution < 1.29 is 14.3 Å². The molecular weight excluding hydrogens is 374 g/mol. The molecule has 2 aromatic carbocycles. The molecule has 0 unspecified atom stereocenters. The summed E-state index contributed by atoms with van der Waals surface area (Å²) in [5, 5.41) is 8.06. The predicted octanol–water partition coefficient (Wildman–Crippen LogP) is 4.81. The average Bonchev–Trinajstić information content (AvgIpc) is 3.18. The smallest absolute Gasteiger partial charge is 0.275 e. The Morgan fingerprint density at radius 3 is 2.57 bits per heavy atom. The number of anilines is 2. The quantitative estimate of drug-likeness (QED) is 0.602. The molecule has 0 aliphatic carbocycles. The second kappa shape index (κ2) is 9.14. The molecule has 144 valence electrons. The van der Waals surface area contributed by atoms with Gasteiger partial charge in [-0.25, -0.2) is 4.98 Å². The van der Waals surface area contributed by atoms with E-state index in [9.17, 15) is 9.59 Å². The van der Waals surface area contributed by atoms with Gasteiger partial charge >= 0.3 is 0 Å². The molecule has 1 aromatic heterocycles. The first-order valence-electron chi connectivity index (χ1n) is 8.91. The Hall–Kier alpha value is -3.19. The number of aromatic nitrogens is 1. The fourth-order valence-corrected chi connectivity index (χ4v) is 3.47. The summed E-state index contributed by atoms with van der Waals surface area (Å²) in [7, 11) is 1.60. The highest BCUT2D eigenvalue weighted by Gasteiger charge is 2.15. The Labute approximate surface area is 167 Å². The van der Waals surface area contributed by atoms with Crippen molar-refractivity contribution in [3.8, 4) is 16.3 Å². The van der Waals surface area contributed by atoms with Crippen molar-refractivity contribution in [1.29, 1.82) is 0 Å². The van der Waals surface area contributed by atoms with Gasteiger partial charge in [-0.15, -0.1) is 11.3 Å². The molecule has 6 nitrogen and oxygen atoms in total. The second-order valence-electron chi connectivity index (χ2n) is 6.07. The van der Waals surface area contributed by atoms with Crippen LogP contribution in [0.3, 0.4) is 0 Å². The van der Waals surface area contributed by atoms with E-state index in [0.717, 1.165) is 12.0 Å². The van der Waals surface area contributed by atoms with E-state index in [1.165, 1.54) is 11.3 Å². The molecule has 0 aliphatic heterocycles. The third-order valence-electron chi connectivity index (χ3n) is 3.96. The number of thiazole rings is 1. The van der Waals surface area contributed by atoms with Crippen molar-refractivity contribution in [2.45, 2.75) is 19.8 Å². The molecule has 0 saturated heterocycles. The average molecular weight is 395 g/mol. The first-order chi connectivity index (χ1) is 13.6. The Morgan fingerprint density at radius 1 is 1.07 bits per heavy atom. The number of ether oxygens (including phenoxy) is 1. The highest BCUT2D eigenvalue weighted by molar-refractivity contribution is 7.13. The van der Waals surface area contributed by atoms with Crippen molar-refractivity contribution in [1.82, 2.24) is 4.98 Å². The number of methoxy groups -OCH3 is 1. The van der Waals surface area contributed by atoms with Crippen LogP contribution in [0.15, 0.2) is 53.9 Å². The zero-order valence-corrected chi connectivity index (χ0v) is 16.5. The first-order valence-corrected chi connectivity index (χ1v) is 9.79. The molecule has 0 bridgehead atoms. The third kappa shape index (κ3) is 4.75. The summed E-state index contributed by atoms with van der Waals surface area (Å²) >= 11 is 1.38. The minimum absolute atomic E-state index is 0.0491. The summed E-state index contributed by atoms with van der Waals surface area (Å²) in [5.41, 5.74) is 2.40. The maximum atomic E-state index is 12.6. The van der Waals surface area contributed by atoms with Gasteiger partial charge in [0.2, 0.25) is 5.91 Å². The number of rotatable bonds is 7. The highest BCUT2D eigenvalue weighted by atomic mass is 32.1. The summed E-state index contributed by atoms with van der Waals surface area (Å²) in [6.45, 7) is 1.95. The van der Waals surface area contributed by atoms with Crippen LogP contribution in [-0.2, 0) is 4.79 Å². The van der Waals surface area contributed by atoms with E-state index in [1.54, 1.807) is 36.8 Å². The van der Waals surface area contributed by atoms with Crippen LogP contribution in [0.1, 0.15) is 30.3 Å². The van der Waals surface area contributed by atoms with Crippen LogP contribution in [0.5, 0.6) is 5.75 Å². The van der Waals surface area contributed by atoms with Crippen molar-refractivity contribution in [3.63, 3.8) is 0 Å². The molecule has 0 atom stereocenters. The predicted molar refractivity (Wildman–Crippen MR) is 112 cm³/mol. The van der Waals surface area contributed by atoms with Crippen LogP contribution < -0.4 is 15.4 Å². The van der Waals surface area contributed by atoms with Crippen LogP contribution in [0.2, 0.25) is 0 Å². The monoisotopic (exact) mass is 395 g/mol. The molecule has 2 amide bonds. The van der Waals surface area contributed by atoms with Crippen LogP contribution in [0.4, 0.5) is 11.4 Å². The zero-order valence-electron chi connectivity index (χ0n) is 15.7. The van der Waals surface area contributed by atoms with E-state index in [1.807, 2.05) is 31.2 Å². The number of nitrogens with one attached hydrogen (secondary N) is 2.